The molecule has 20 heavy (non-hydrogen) atoms. The molecule has 0 amide bonds. The van der Waals surface area contributed by atoms with Crippen molar-refractivity contribution in [2.45, 2.75) is 36.0 Å². The average molecular weight is 318 g/mol. The Morgan fingerprint density at radius 1 is 1.05 bits per heavy atom. The predicted molar refractivity (Wildman–Crippen MR) is 62.8 cm³/mol. The summed E-state index contributed by atoms with van der Waals surface area (Å²) < 4.78 is 80.6. The van der Waals surface area contributed by atoms with Gasteiger partial charge < -0.3 is 5.73 Å². The molecule has 1 nitrogen and oxygen atoms in total. The van der Waals surface area contributed by atoms with E-state index in [-0.39, 0.29) is 5.69 Å². The topological polar surface area (TPSA) is 26.0 Å². The highest BCUT2D eigenvalue weighted by Gasteiger charge is 2.84. The van der Waals surface area contributed by atoms with E-state index in [4.69, 9.17) is 17.3 Å². The van der Waals surface area contributed by atoms with Gasteiger partial charge in [0.05, 0.1) is 5.92 Å². The van der Waals surface area contributed by atoms with E-state index < -0.39 is 34.6 Å². The van der Waals surface area contributed by atoms with E-state index in [1.165, 1.54) is 13.0 Å². The summed E-state index contributed by atoms with van der Waals surface area (Å²) in [5.74, 6) is -18.0. The molecule has 1 aliphatic rings. The molecule has 0 aliphatic heterocycles. The maximum Gasteiger partial charge on any atom is 0.374 e. The van der Waals surface area contributed by atoms with Crippen LogP contribution in [0.25, 0.3) is 0 Å². The van der Waals surface area contributed by atoms with Gasteiger partial charge in [-0.3, -0.25) is 0 Å². The first-order chi connectivity index (χ1) is 8.94. The van der Waals surface area contributed by atoms with Crippen LogP contribution in [0.1, 0.15) is 17.0 Å². The van der Waals surface area contributed by atoms with E-state index in [0.717, 1.165) is 12.1 Å². The zero-order chi connectivity index (χ0) is 15.5. The van der Waals surface area contributed by atoms with Gasteiger partial charge in [-0.15, -0.1) is 11.6 Å². The van der Waals surface area contributed by atoms with E-state index >= 15 is 0 Å². The first-order valence-corrected chi connectivity index (χ1v) is 6.01. The van der Waals surface area contributed by atoms with Crippen LogP contribution in [0.4, 0.5) is 32.0 Å². The lowest BCUT2D eigenvalue weighted by Gasteiger charge is -2.25. The first-order valence-electron chi connectivity index (χ1n) is 5.58. The molecule has 2 N–H and O–H groups in total. The molecular formula is C12H10ClF6N. The second kappa shape index (κ2) is 4.19. The summed E-state index contributed by atoms with van der Waals surface area (Å²) in [7, 11) is 0. The van der Waals surface area contributed by atoms with Crippen molar-refractivity contribution in [1.82, 2.24) is 0 Å². The Morgan fingerprint density at radius 3 is 2.00 bits per heavy atom. The highest BCUT2D eigenvalue weighted by atomic mass is 35.5. The van der Waals surface area contributed by atoms with Crippen LogP contribution in [-0.2, 0) is 0 Å². The molecule has 2 atom stereocenters. The van der Waals surface area contributed by atoms with Gasteiger partial charge in [0.2, 0.25) is 0 Å². The number of benzene rings is 1. The Hall–Kier alpha value is -1.11. The molecule has 0 heterocycles. The van der Waals surface area contributed by atoms with Crippen LogP contribution in [0, 0.1) is 6.92 Å². The summed E-state index contributed by atoms with van der Waals surface area (Å²) in [4.78, 5) is 0. The molecule has 0 aromatic heterocycles. The van der Waals surface area contributed by atoms with Gasteiger partial charge in [-0.05, 0) is 24.1 Å². The van der Waals surface area contributed by atoms with Crippen molar-refractivity contribution >= 4 is 17.3 Å². The number of hydrogen-bond donors (Lipinski definition) is 1. The molecule has 1 aliphatic carbocycles. The Morgan fingerprint density at radius 2 is 1.60 bits per heavy atom. The van der Waals surface area contributed by atoms with Crippen molar-refractivity contribution < 1.29 is 26.3 Å². The summed E-state index contributed by atoms with van der Waals surface area (Å²) in [5.41, 5.74) is 5.65. The number of anilines is 1. The normalized spacial score (nSPS) is 30.4. The van der Waals surface area contributed by atoms with Crippen molar-refractivity contribution in [3.8, 4) is 0 Å². The predicted octanol–water partition coefficient (Wildman–Crippen LogP) is 4.19. The minimum absolute atomic E-state index is 0.236. The van der Waals surface area contributed by atoms with Gasteiger partial charge in [0, 0.05) is 5.69 Å². The Balaban J connectivity index is 2.59. The molecule has 0 bridgehead atoms. The van der Waals surface area contributed by atoms with E-state index in [9.17, 15) is 26.3 Å². The molecule has 0 radical (unpaired) electrons. The highest BCUT2D eigenvalue weighted by molar-refractivity contribution is 6.22. The molecule has 8 heteroatoms. The van der Waals surface area contributed by atoms with E-state index in [1.807, 2.05) is 0 Å². The fourth-order valence-electron chi connectivity index (χ4n) is 2.25. The SMILES string of the molecule is Cc1cc(C2C(Cl)C(F)(F)C(F)(F)C2(F)F)ccc1N. The minimum atomic E-state index is -5.51. The third-order valence-electron chi connectivity index (χ3n) is 3.52. The van der Waals surface area contributed by atoms with Crippen molar-refractivity contribution in [1.29, 1.82) is 0 Å². The Kier molecular flexibility index (Phi) is 3.20. The van der Waals surface area contributed by atoms with Gasteiger partial charge in [-0.25, -0.2) is 0 Å². The summed E-state index contributed by atoms with van der Waals surface area (Å²) in [6.07, 6.45) is 0. The summed E-state index contributed by atoms with van der Waals surface area (Å²) >= 11 is 5.22. The molecule has 1 aromatic carbocycles. The van der Waals surface area contributed by atoms with Crippen LogP contribution in [-0.4, -0.2) is 23.1 Å². The fraction of sp³-hybridized carbons (Fsp3) is 0.500. The van der Waals surface area contributed by atoms with Crippen LogP contribution >= 0.6 is 11.6 Å². The standard InChI is InChI=1S/C12H10ClF6N/c1-5-4-6(2-3-7(5)20)8-9(13)11(16,17)12(18,19)10(8,14)15/h2-4,8-9H,20H2,1H3. The molecule has 112 valence electrons. The largest absolute Gasteiger partial charge is 0.399 e. The number of nitrogen functional groups attached to an aromatic ring is 1. The van der Waals surface area contributed by atoms with Crippen molar-refractivity contribution in [3.05, 3.63) is 29.3 Å². The highest BCUT2D eigenvalue weighted by Crippen LogP contribution is 2.64. The van der Waals surface area contributed by atoms with Crippen LogP contribution in [0.2, 0.25) is 0 Å². The van der Waals surface area contributed by atoms with Gasteiger partial charge in [0.15, 0.2) is 0 Å². The van der Waals surface area contributed by atoms with Crippen LogP contribution in [0.3, 0.4) is 0 Å². The molecule has 1 fully saturated rings. The van der Waals surface area contributed by atoms with Crippen LogP contribution in [0.15, 0.2) is 18.2 Å². The number of halogens is 7. The average Bonchev–Trinajstić information content (AvgIpc) is 2.40. The lowest BCUT2D eigenvalue weighted by molar-refractivity contribution is -0.272. The monoisotopic (exact) mass is 317 g/mol. The first kappa shape index (κ1) is 15.3. The third-order valence-corrected chi connectivity index (χ3v) is 4.05. The smallest absolute Gasteiger partial charge is 0.374 e. The van der Waals surface area contributed by atoms with Gasteiger partial charge in [-0.1, -0.05) is 12.1 Å². The number of nitrogens with two attached hydrogens (primary N) is 1. The summed E-state index contributed by atoms with van der Waals surface area (Å²) in [5, 5.41) is -2.71. The summed E-state index contributed by atoms with van der Waals surface area (Å²) in [6, 6.07) is 3.27. The lowest BCUT2D eigenvalue weighted by Crippen LogP contribution is -2.48. The number of alkyl halides is 7. The molecule has 1 aromatic rings. The zero-order valence-corrected chi connectivity index (χ0v) is 10.9. The minimum Gasteiger partial charge on any atom is -0.399 e. The van der Waals surface area contributed by atoms with E-state index in [1.54, 1.807) is 0 Å². The number of rotatable bonds is 1. The zero-order valence-electron chi connectivity index (χ0n) is 10.1. The van der Waals surface area contributed by atoms with Gasteiger partial charge in [0.25, 0.3) is 0 Å². The maximum absolute atomic E-state index is 13.7. The van der Waals surface area contributed by atoms with Crippen LogP contribution in [0.5, 0.6) is 0 Å². The Bertz CT molecular complexity index is 545. The molecule has 0 saturated heterocycles. The number of hydrogen-bond acceptors (Lipinski definition) is 1. The van der Waals surface area contributed by atoms with Crippen molar-refractivity contribution in [3.63, 3.8) is 0 Å². The number of aryl methyl sites for hydroxylation is 1. The molecule has 2 rings (SSSR count). The van der Waals surface area contributed by atoms with Crippen molar-refractivity contribution in [2.75, 3.05) is 5.73 Å². The maximum atomic E-state index is 13.7. The second-order valence-corrected chi connectivity index (χ2v) is 5.29. The fourth-order valence-corrected chi connectivity index (χ4v) is 2.70. The van der Waals surface area contributed by atoms with E-state index in [0.29, 0.717) is 5.56 Å². The van der Waals surface area contributed by atoms with Crippen molar-refractivity contribution in [2.24, 2.45) is 0 Å². The molecule has 0 spiro atoms. The van der Waals surface area contributed by atoms with Gasteiger partial charge in [-0.2, -0.15) is 26.3 Å². The third kappa shape index (κ3) is 1.71. The molecule has 2 unspecified atom stereocenters. The van der Waals surface area contributed by atoms with Gasteiger partial charge >= 0.3 is 17.8 Å². The summed E-state index contributed by atoms with van der Waals surface area (Å²) in [6.45, 7) is 1.45. The quantitative estimate of drug-likeness (QED) is 0.469. The van der Waals surface area contributed by atoms with Crippen LogP contribution < -0.4 is 5.73 Å². The lowest BCUT2D eigenvalue weighted by atomic mass is 9.92. The molecular weight excluding hydrogens is 308 g/mol. The van der Waals surface area contributed by atoms with E-state index in [2.05, 4.69) is 0 Å². The Labute approximate surface area is 115 Å². The second-order valence-electron chi connectivity index (χ2n) is 4.82. The molecule has 1 saturated carbocycles. The van der Waals surface area contributed by atoms with Gasteiger partial charge in [0.1, 0.15) is 5.38 Å².